The van der Waals surface area contributed by atoms with Crippen LogP contribution in [0.3, 0.4) is 0 Å². The molecule has 1 unspecified atom stereocenters. The number of nitrogens with two attached hydrogens (primary N) is 1. The summed E-state index contributed by atoms with van der Waals surface area (Å²) in [5.74, 6) is -1.83. The monoisotopic (exact) mass is 634 g/mol. The first-order valence-corrected chi connectivity index (χ1v) is 15.4. The largest absolute Gasteiger partial charge is 0.489 e. The van der Waals surface area contributed by atoms with E-state index in [1.807, 2.05) is 11.8 Å². The van der Waals surface area contributed by atoms with E-state index in [0.29, 0.717) is 31.0 Å². The molecule has 5 rings (SSSR count). The Kier molecular flexibility index (Phi) is 9.34. The maximum atomic E-state index is 15.9. The molecule has 3 heterocycles. The van der Waals surface area contributed by atoms with Crippen LogP contribution in [-0.4, -0.2) is 74.9 Å². The van der Waals surface area contributed by atoms with E-state index in [1.54, 1.807) is 6.07 Å². The molecule has 4 aromatic rings. The molecule has 2 aromatic carbocycles. The van der Waals surface area contributed by atoms with Crippen molar-refractivity contribution in [3.63, 3.8) is 0 Å². The van der Waals surface area contributed by atoms with Gasteiger partial charge in [-0.1, -0.05) is 12.1 Å². The number of hydrogen-bond acceptors (Lipinski definition) is 9. The van der Waals surface area contributed by atoms with Crippen LogP contribution in [0.5, 0.6) is 5.75 Å². The fraction of sp³-hybridized carbons (Fsp3) is 0.345. The van der Waals surface area contributed by atoms with Gasteiger partial charge in [-0.15, -0.1) is 0 Å². The molecule has 0 amide bonds. The highest BCUT2D eigenvalue weighted by Crippen LogP contribution is 2.40. The summed E-state index contributed by atoms with van der Waals surface area (Å²) in [4.78, 5) is 15.2. The van der Waals surface area contributed by atoms with Crippen molar-refractivity contribution < 1.29 is 35.5 Å². The SMILES string of the molecule is CC1COCCN1c1nc(-c2cnc(N)c(F)c2)nc2c(OCCF)cc(-c3cccc(NS(=O)(=O)CCCF)c3F)cc12. The van der Waals surface area contributed by atoms with E-state index in [1.165, 1.54) is 30.5 Å². The molecule has 2 aromatic heterocycles. The fourth-order valence-corrected chi connectivity index (χ4v) is 5.94. The number of sulfonamides is 1. The molecule has 0 bridgehead atoms. The summed E-state index contributed by atoms with van der Waals surface area (Å²) in [6, 6.07) is 8.26. The highest BCUT2D eigenvalue weighted by molar-refractivity contribution is 7.92. The first-order valence-electron chi connectivity index (χ1n) is 13.8. The minimum atomic E-state index is -4.01. The number of pyridine rings is 1. The van der Waals surface area contributed by atoms with E-state index in [9.17, 15) is 21.6 Å². The van der Waals surface area contributed by atoms with E-state index >= 15 is 4.39 Å². The predicted molar refractivity (Wildman–Crippen MR) is 160 cm³/mol. The lowest BCUT2D eigenvalue weighted by molar-refractivity contribution is 0.0987. The number of benzene rings is 2. The molecule has 0 radical (unpaired) electrons. The molecule has 1 atom stereocenters. The molecule has 1 aliphatic heterocycles. The number of nitrogens with zero attached hydrogens (tertiary/aromatic N) is 4. The Labute approximate surface area is 251 Å². The molecule has 1 fully saturated rings. The van der Waals surface area contributed by atoms with Crippen molar-refractivity contribution in [1.29, 1.82) is 0 Å². The predicted octanol–water partition coefficient (Wildman–Crippen LogP) is 4.89. The van der Waals surface area contributed by atoms with E-state index in [0.717, 1.165) is 6.07 Å². The maximum absolute atomic E-state index is 15.9. The van der Waals surface area contributed by atoms with Crippen LogP contribution in [0.1, 0.15) is 13.3 Å². The molecular weight excluding hydrogens is 604 g/mol. The molecule has 1 aliphatic rings. The van der Waals surface area contributed by atoms with Crippen molar-refractivity contribution in [2.75, 3.05) is 60.8 Å². The third-order valence-electron chi connectivity index (χ3n) is 6.97. The number of alkyl halides is 2. The van der Waals surface area contributed by atoms with Gasteiger partial charge in [0.15, 0.2) is 23.3 Å². The second-order valence-corrected chi connectivity index (χ2v) is 12.0. The van der Waals surface area contributed by atoms with Gasteiger partial charge in [-0.3, -0.25) is 9.11 Å². The van der Waals surface area contributed by atoms with Crippen molar-refractivity contribution in [3.05, 3.63) is 54.2 Å². The molecule has 10 nitrogen and oxygen atoms in total. The number of nitrogens with one attached hydrogen (secondary N) is 1. The van der Waals surface area contributed by atoms with E-state index in [4.69, 9.17) is 20.2 Å². The summed E-state index contributed by atoms with van der Waals surface area (Å²) in [5, 5.41) is 0.422. The van der Waals surface area contributed by atoms with Crippen LogP contribution >= 0.6 is 0 Å². The number of halogens is 4. The number of rotatable bonds is 11. The van der Waals surface area contributed by atoms with Gasteiger partial charge in [-0.25, -0.2) is 36.5 Å². The zero-order valence-electron chi connectivity index (χ0n) is 23.7. The lowest BCUT2D eigenvalue weighted by Gasteiger charge is -2.35. The molecule has 0 saturated carbocycles. The Morgan fingerprint density at radius 1 is 1.14 bits per heavy atom. The average Bonchev–Trinajstić information content (AvgIpc) is 3.01. The quantitative estimate of drug-likeness (QED) is 0.221. The fourth-order valence-electron chi connectivity index (χ4n) is 4.86. The van der Waals surface area contributed by atoms with Gasteiger partial charge in [-0.2, -0.15) is 0 Å². The van der Waals surface area contributed by atoms with Gasteiger partial charge in [0.2, 0.25) is 10.0 Å². The maximum Gasteiger partial charge on any atom is 0.232 e. The van der Waals surface area contributed by atoms with Crippen molar-refractivity contribution in [3.8, 4) is 28.3 Å². The van der Waals surface area contributed by atoms with E-state index in [2.05, 4.69) is 14.7 Å². The van der Waals surface area contributed by atoms with Gasteiger partial charge >= 0.3 is 0 Å². The van der Waals surface area contributed by atoms with Gasteiger partial charge in [0, 0.05) is 29.3 Å². The van der Waals surface area contributed by atoms with Crippen LogP contribution < -0.4 is 20.1 Å². The standard InChI is InChI=1S/C29H30F4N6O4S/c1-17-16-42-10-8-39(17)29-21-12-18(20-4-2-5-23(25(20)33)38-44(40,41)11-3-6-30)14-24(43-9-7-31)26(21)36-28(37-29)19-13-22(32)27(34)35-15-19/h2,4-5,12-15,17,38H,3,6-11,16H2,1H3,(H2,34,35). The Morgan fingerprint density at radius 3 is 2.68 bits per heavy atom. The molecule has 0 aliphatic carbocycles. The number of fused-ring (bicyclic) bond motifs is 1. The summed E-state index contributed by atoms with van der Waals surface area (Å²) in [7, 11) is -4.01. The third kappa shape index (κ3) is 6.63. The second-order valence-electron chi connectivity index (χ2n) is 10.1. The lowest BCUT2D eigenvalue weighted by Crippen LogP contribution is -2.44. The van der Waals surface area contributed by atoms with Gasteiger partial charge in [0.1, 0.15) is 30.4 Å². The molecule has 1 saturated heterocycles. The summed E-state index contributed by atoms with van der Waals surface area (Å²) in [5.41, 5.74) is 6.01. The van der Waals surface area contributed by atoms with E-state index < -0.39 is 40.8 Å². The zero-order valence-corrected chi connectivity index (χ0v) is 24.5. The molecular formula is C29H30F4N6O4S. The Morgan fingerprint density at radius 2 is 1.95 bits per heavy atom. The minimum Gasteiger partial charge on any atom is -0.489 e. The minimum absolute atomic E-state index is 0.0116. The third-order valence-corrected chi connectivity index (χ3v) is 8.33. The summed E-state index contributed by atoms with van der Waals surface area (Å²) in [6.07, 6.45) is 1.10. The van der Waals surface area contributed by atoms with Gasteiger partial charge in [0.25, 0.3) is 0 Å². The van der Waals surface area contributed by atoms with Crippen molar-refractivity contribution in [2.24, 2.45) is 0 Å². The lowest BCUT2D eigenvalue weighted by atomic mass is 10.0. The van der Waals surface area contributed by atoms with Gasteiger partial charge in [-0.05, 0) is 43.2 Å². The summed E-state index contributed by atoms with van der Waals surface area (Å²) in [6.45, 7) is 1.16. The topological polar surface area (TPSA) is 133 Å². The van der Waals surface area contributed by atoms with Crippen LogP contribution in [0.4, 0.5) is 34.9 Å². The number of hydrogen-bond donors (Lipinski definition) is 2. The molecule has 15 heteroatoms. The van der Waals surface area contributed by atoms with Crippen LogP contribution in [0, 0.1) is 11.6 Å². The second kappa shape index (κ2) is 13.2. The van der Waals surface area contributed by atoms with Crippen LogP contribution in [0.15, 0.2) is 42.6 Å². The Balaban J connectivity index is 1.72. The summed E-state index contributed by atoms with van der Waals surface area (Å²) >= 11 is 0. The van der Waals surface area contributed by atoms with Crippen LogP contribution in [-0.2, 0) is 14.8 Å². The van der Waals surface area contributed by atoms with Gasteiger partial charge < -0.3 is 20.1 Å². The highest BCUT2D eigenvalue weighted by atomic mass is 32.2. The Bertz CT molecular complexity index is 1780. The van der Waals surface area contributed by atoms with Crippen molar-refractivity contribution in [1.82, 2.24) is 15.0 Å². The molecule has 3 N–H and O–H groups in total. The number of aromatic nitrogens is 3. The van der Waals surface area contributed by atoms with Crippen molar-refractivity contribution in [2.45, 2.75) is 19.4 Å². The van der Waals surface area contributed by atoms with Crippen LogP contribution in [0.2, 0.25) is 0 Å². The molecule has 0 spiro atoms. The number of ether oxygens (including phenoxy) is 2. The Hall–Kier alpha value is -4.24. The molecule has 44 heavy (non-hydrogen) atoms. The first-order chi connectivity index (χ1) is 21.1. The zero-order chi connectivity index (χ0) is 31.4. The number of morpholine rings is 1. The van der Waals surface area contributed by atoms with Crippen LogP contribution in [0.25, 0.3) is 33.4 Å². The highest BCUT2D eigenvalue weighted by Gasteiger charge is 2.26. The normalized spacial score (nSPS) is 15.5. The average molecular weight is 635 g/mol. The van der Waals surface area contributed by atoms with Crippen molar-refractivity contribution >= 4 is 38.2 Å². The smallest absolute Gasteiger partial charge is 0.232 e. The molecule has 234 valence electrons. The van der Waals surface area contributed by atoms with E-state index in [-0.39, 0.29) is 64.4 Å². The number of anilines is 3. The number of nitrogen functional groups attached to an aromatic ring is 1. The van der Waals surface area contributed by atoms with Gasteiger partial charge in [0.05, 0.1) is 37.4 Å². The summed E-state index contributed by atoms with van der Waals surface area (Å²) < 4.78 is 94.4. The first kappa shape index (κ1) is 31.2.